The largest absolute Gasteiger partial charge is 0.355 e. The van der Waals surface area contributed by atoms with E-state index in [2.05, 4.69) is 55.7 Å². The zero-order valence-electron chi connectivity index (χ0n) is 15.5. The van der Waals surface area contributed by atoms with Crippen LogP contribution in [-0.2, 0) is 16.8 Å². The number of carbonyl (C=O) groups excluding carboxylic acids is 2. The number of hydrogen-bond acceptors (Lipinski definition) is 2. The van der Waals surface area contributed by atoms with Gasteiger partial charge in [-0.25, -0.2) is 4.79 Å². The van der Waals surface area contributed by atoms with Crippen LogP contribution in [0.3, 0.4) is 0 Å². The molecule has 1 spiro atoms. The Kier molecular flexibility index (Phi) is 4.76. The minimum Gasteiger partial charge on any atom is -0.355 e. The SMILES string of the molecule is CC(C)(C)c1ccc(CNC(=O)N2CCC[C@@]3(CNC(=O)C3)C2)cc1. The Morgan fingerprint density at radius 3 is 2.60 bits per heavy atom. The molecular weight excluding hydrogens is 314 g/mol. The lowest BCUT2D eigenvalue weighted by Crippen LogP contribution is -2.50. The number of carbonyl (C=O) groups is 2. The van der Waals surface area contributed by atoms with Gasteiger partial charge in [-0.15, -0.1) is 0 Å². The van der Waals surface area contributed by atoms with Crippen LogP contribution in [0.4, 0.5) is 4.79 Å². The second-order valence-corrected chi connectivity index (χ2v) is 8.58. The van der Waals surface area contributed by atoms with E-state index in [9.17, 15) is 9.59 Å². The molecule has 2 aliphatic rings. The molecule has 3 amide bonds. The zero-order valence-corrected chi connectivity index (χ0v) is 15.5. The molecule has 5 nitrogen and oxygen atoms in total. The summed E-state index contributed by atoms with van der Waals surface area (Å²) in [5.74, 6) is 0.112. The molecule has 1 aromatic rings. The Labute approximate surface area is 150 Å². The van der Waals surface area contributed by atoms with Gasteiger partial charge in [0, 0.05) is 38.0 Å². The second-order valence-electron chi connectivity index (χ2n) is 8.58. The van der Waals surface area contributed by atoms with Crippen molar-refractivity contribution < 1.29 is 9.59 Å². The minimum atomic E-state index is -0.0545. The van der Waals surface area contributed by atoms with E-state index in [1.165, 1.54) is 5.56 Å². The first-order chi connectivity index (χ1) is 11.8. The monoisotopic (exact) mass is 343 g/mol. The standard InChI is InChI=1S/C20H29N3O2/c1-19(2,3)16-7-5-15(6-8-16)12-21-18(25)23-10-4-9-20(14-23)11-17(24)22-13-20/h5-8H,4,9-14H2,1-3H3,(H,21,25)(H,22,24)/t20-/m1/s1. The van der Waals surface area contributed by atoms with Crippen LogP contribution < -0.4 is 10.6 Å². The number of urea groups is 1. The summed E-state index contributed by atoms with van der Waals surface area (Å²) < 4.78 is 0. The van der Waals surface area contributed by atoms with Crippen molar-refractivity contribution in [3.05, 3.63) is 35.4 Å². The van der Waals surface area contributed by atoms with Gasteiger partial charge in [0.1, 0.15) is 0 Å². The average Bonchev–Trinajstić information content (AvgIpc) is 2.92. The highest BCUT2D eigenvalue weighted by Crippen LogP contribution is 2.36. The lowest BCUT2D eigenvalue weighted by molar-refractivity contribution is -0.119. The Morgan fingerprint density at radius 1 is 1.28 bits per heavy atom. The van der Waals surface area contributed by atoms with Gasteiger partial charge in [0.15, 0.2) is 0 Å². The van der Waals surface area contributed by atoms with Crippen LogP contribution in [-0.4, -0.2) is 36.5 Å². The van der Waals surface area contributed by atoms with Crippen molar-refractivity contribution in [2.75, 3.05) is 19.6 Å². The summed E-state index contributed by atoms with van der Waals surface area (Å²) >= 11 is 0. The number of amides is 3. The van der Waals surface area contributed by atoms with Crippen molar-refractivity contribution in [3.63, 3.8) is 0 Å². The van der Waals surface area contributed by atoms with Crippen molar-refractivity contribution in [3.8, 4) is 0 Å². The van der Waals surface area contributed by atoms with Crippen molar-refractivity contribution >= 4 is 11.9 Å². The van der Waals surface area contributed by atoms with Gasteiger partial charge in [-0.1, -0.05) is 45.0 Å². The molecule has 2 saturated heterocycles. The molecule has 0 bridgehead atoms. The maximum Gasteiger partial charge on any atom is 0.317 e. The first-order valence-electron chi connectivity index (χ1n) is 9.16. The van der Waals surface area contributed by atoms with E-state index in [1.54, 1.807) is 0 Å². The fourth-order valence-electron chi connectivity index (χ4n) is 3.83. The molecule has 2 N–H and O–H groups in total. The first-order valence-corrected chi connectivity index (χ1v) is 9.16. The molecule has 0 aliphatic carbocycles. The quantitative estimate of drug-likeness (QED) is 0.867. The van der Waals surface area contributed by atoms with E-state index >= 15 is 0 Å². The Morgan fingerprint density at radius 2 is 2.00 bits per heavy atom. The highest BCUT2D eigenvalue weighted by Gasteiger charge is 2.42. The highest BCUT2D eigenvalue weighted by atomic mass is 16.2. The third-order valence-corrected chi connectivity index (χ3v) is 5.41. The Hall–Kier alpha value is -2.04. The van der Waals surface area contributed by atoms with E-state index in [1.807, 2.05) is 4.90 Å². The molecule has 5 heteroatoms. The van der Waals surface area contributed by atoms with Crippen LogP contribution in [0.5, 0.6) is 0 Å². The van der Waals surface area contributed by atoms with Crippen molar-refractivity contribution in [2.24, 2.45) is 5.41 Å². The summed E-state index contributed by atoms with van der Waals surface area (Å²) in [6.07, 6.45) is 2.53. The van der Waals surface area contributed by atoms with Gasteiger partial charge < -0.3 is 15.5 Å². The van der Waals surface area contributed by atoms with Crippen LogP contribution in [0.2, 0.25) is 0 Å². The molecule has 0 radical (unpaired) electrons. The van der Waals surface area contributed by atoms with Gasteiger partial charge in [-0.05, 0) is 29.4 Å². The van der Waals surface area contributed by atoms with Crippen LogP contribution in [0.25, 0.3) is 0 Å². The summed E-state index contributed by atoms with van der Waals surface area (Å²) in [7, 11) is 0. The summed E-state index contributed by atoms with van der Waals surface area (Å²) in [6.45, 7) is 9.24. The van der Waals surface area contributed by atoms with Gasteiger partial charge >= 0.3 is 6.03 Å². The summed E-state index contributed by atoms with van der Waals surface area (Å²) in [5.41, 5.74) is 2.47. The number of hydrogen-bond donors (Lipinski definition) is 2. The molecular formula is C20H29N3O2. The Bertz CT molecular complexity index is 648. The predicted octanol–water partition coefficient (Wildman–Crippen LogP) is 2.80. The smallest absolute Gasteiger partial charge is 0.317 e. The molecule has 0 aromatic heterocycles. The lowest BCUT2D eigenvalue weighted by atomic mass is 9.79. The molecule has 1 atom stereocenters. The number of nitrogens with one attached hydrogen (secondary N) is 2. The van der Waals surface area contributed by atoms with Gasteiger partial charge in [0.2, 0.25) is 5.91 Å². The predicted molar refractivity (Wildman–Crippen MR) is 98.2 cm³/mol. The Balaban J connectivity index is 1.55. The third kappa shape index (κ3) is 4.14. The number of rotatable bonds is 2. The first kappa shape index (κ1) is 17.8. The van der Waals surface area contributed by atoms with Gasteiger partial charge in [0.05, 0.1) is 0 Å². The summed E-state index contributed by atoms with van der Waals surface area (Å²) in [6, 6.07) is 8.40. The highest BCUT2D eigenvalue weighted by molar-refractivity contribution is 5.80. The normalized spacial score (nSPS) is 23.6. The van der Waals surface area contributed by atoms with Gasteiger partial charge in [-0.3, -0.25) is 4.79 Å². The summed E-state index contributed by atoms with van der Waals surface area (Å²) in [4.78, 5) is 26.0. The number of nitrogens with zero attached hydrogens (tertiary/aromatic N) is 1. The maximum absolute atomic E-state index is 12.5. The molecule has 2 fully saturated rings. The molecule has 1 aromatic carbocycles. The third-order valence-electron chi connectivity index (χ3n) is 5.41. The van der Waals surface area contributed by atoms with Crippen molar-refractivity contribution in [1.29, 1.82) is 0 Å². The second kappa shape index (κ2) is 6.70. The van der Waals surface area contributed by atoms with Gasteiger partial charge in [0.25, 0.3) is 0 Å². The zero-order chi connectivity index (χ0) is 18.1. The molecule has 3 rings (SSSR count). The molecule has 25 heavy (non-hydrogen) atoms. The van der Waals surface area contributed by atoms with Crippen LogP contribution in [0.1, 0.15) is 51.2 Å². The van der Waals surface area contributed by atoms with E-state index < -0.39 is 0 Å². The fraction of sp³-hybridized carbons (Fsp3) is 0.600. The van der Waals surface area contributed by atoms with Crippen LogP contribution in [0.15, 0.2) is 24.3 Å². The molecule has 0 saturated carbocycles. The minimum absolute atomic E-state index is 0.0293. The van der Waals surface area contributed by atoms with Crippen LogP contribution >= 0.6 is 0 Å². The fourth-order valence-corrected chi connectivity index (χ4v) is 3.83. The van der Waals surface area contributed by atoms with E-state index in [0.29, 0.717) is 26.1 Å². The summed E-state index contributed by atoms with van der Waals surface area (Å²) in [5, 5.41) is 5.94. The van der Waals surface area contributed by atoms with Crippen LogP contribution in [0, 0.1) is 5.41 Å². The van der Waals surface area contributed by atoms with Crippen molar-refractivity contribution in [2.45, 2.75) is 52.0 Å². The lowest BCUT2D eigenvalue weighted by Gasteiger charge is -2.39. The van der Waals surface area contributed by atoms with Gasteiger partial charge in [-0.2, -0.15) is 0 Å². The number of benzene rings is 1. The maximum atomic E-state index is 12.5. The van der Waals surface area contributed by atoms with E-state index in [0.717, 1.165) is 24.9 Å². The average molecular weight is 343 g/mol. The van der Waals surface area contributed by atoms with E-state index in [4.69, 9.17) is 0 Å². The molecule has 2 aliphatic heterocycles. The van der Waals surface area contributed by atoms with Crippen molar-refractivity contribution in [1.82, 2.24) is 15.5 Å². The topological polar surface area (TPSA) is 61.4 Å². The molecule has 0 unspecified atom stereocenters. The molecule has 2 heterocycles. The van der Waals surface area contributed by atoms with E-state index in [-0.39, 0.29) is 22.8 Å². The molecule has 136 valence electrons. The number of piperidine rings is 1. The number of likely N-dealkylation sites (tertiary alicyclic amines) is 1.